The minimum absolute atomic E-state index is 0. The normalized spacial score (nSPS) is 16.1. The van der Waals surface area contributed by atoms with Crippen LogP contribution in [0.3, 0.4) is 0 Å². The molecule has 1 aliphatic carbocycles. The van der Waals surface area contributed by atoms with Crippen molar-refractivity contribution in [3.05, 3.63) is 54.1 Å². The maximum atomic E-state index is 12.3. The molecule has 3 N–H and O–H groups in total. The van der Waals surface area contributed by atoms with E-state index in [0.717, 1.165) is 18.8 Å². The monoisotopic (exact) mass is 412 g/mol. The molecular weight excluding hydrogens is 383 g/mol. The number of nitrogens with two attached hydrogens (primary N) is 1. The zero-order chi connectivity index (χ0) is 17.7. The lowest BCUT2D eigenvalue weighted by Gasteiger charge is -2.24. The number of nitrogens with zero attached hydrogens (tertiary/aromatic N) is 2. The third-order valence-electron chi connectivity index (χ3n) is 5.16. The summed E-state index contributed by atoms with van der Waals surface area (Å²) in [7, 11) is 0. The minimum Gasteiger partial charge on any atom is -0.354 e. The summed E-state index contributed by atoms with van der Waals surface area (Å²) < 4.78 is 2.02. The average molecular weight is 413 g/mol. The number of halogens is 2. The molecular formula is C20H30Cl2N4O. The lowest BCUT2D eigenvalue weighted by molar-refractivity contribution is -0.122. The van der Waals surface area contributed by atoms with Crippen LogP contribution in [-0.4, -0.2) is 28.0 Å². The number of hydrogen-bond donors (Lipinski definition) is 2. The van der Waals surface area contributed by atoms with E-state index in [1.807, 2.05) is 29.0 Å². The predicted molar refractivity (Wildman–Crippen MR) is 114 cm³/mol. The van der Waals surface area contributed by atoms with Gasteiger partial charge >= 0.3 is 0 Å². The van der Waals surface area contributed by atoms with Crippen LogP contribution in [0.25, 0.3) is 0 Å². The third kappa shape index (κ3) is 6.83. The number of carbonyl (C=O) groups excluding carboxylic acids is 1. The first-order chi connectivity index (χ1) is 12.0. The van der Waals surface area contributed by atoms with Gasteiger partial charge in [-0.25, -0.2) is 4.98 Å². The Balaban J connectivity index is 0.00000182. The van der Waals surface area contributed by atoms with Gasteiger partial charge in [0.1, 0.15) is 0 Å². The molecule has 150 valence electrons. The van der Waals surface area contributed by atoms with Gasteiger partial charge in [-0.2, -0.15) is 0 Å². The van der Waals surface area contributed by atoms with Crippen molar-refractivity contribution in [2.45, 2.75) is 51.6 Å². The highest BCUT2D eigenvalue weighted by Crippen LogP contribution is 2.36. The molecule has 0 spiro atoms. The molecule has 1 aromatic heterocycles. The summed E-state index contributed by atoms with van der Waals surface area (Å²) in [5.41, 5.74) is 8.39. The van der Waals surface area contributed by atoms with Crippen molar-refractivity contribution >= 4 is 30.7 Å². The molecule has 5 nitrogen and oxygen atoms in total. The number of amides is 1. The van der Waals surface area contributed by atoms with Gasteiger partial charge in [-0.1, -0.05) is 50.1 Å². The minimum atomic E-state index is -0.551. The van der Waals surface area contributed by atoms with Gasteiger partial charge in [-0.3, -0.25) is 4.79 Å². The van der Waals surface area contributed by atoms with E-state index in [2.05, 4.69) is 29.4 Å². The molecule has 1 fully saturated rings. The van der Waals surface area contributed by atoms with Gasteiger partial charge in [0.15, 0.2) is 0 Å². The second-order valence-corrected chi connectivity index (χ2v) is 7.57. The maximum absolute atomic E-state index is 12.3. The smallest absolute Gasteiger partial charge is 0.237 e. The summed E-state index contributed by atoms with van der Waals surface area (Å²) in [4.78, 5) is 16.7. The van der Waals surface area contributed by atoms with Gasteiger partial charge in [-0.05, 0) is 23.8 Å². The highest BCUT2D eigenvalue weighted by molar-refractivity contribution is 5.85. The summed E-state index contributed by atoms with van der Waals surface area (Å²) in [6, 6.07) is 9.68. The number of benzene rings is 1. The Morgan fingerprint density at radius 3 is 2.59 bits per heavy atom. The van der Waals surface area contributed by atoms with Crippen LogP contribution >= 0.6 is 24.8 Å². The van der Waals surface area contributed by atoms with Gasteiger partial charge in [0.05, 0.1) is 18.1 Å². The van der Waals surface area contributed by atoms with Crippen molar-refractivity contribution in [2.24, 2.45) is 11.1 Å². The second-order valence-electron chi connectivity index (χ2n) is 7.57. The number of rotatable bonds is 7. The number of nitrogens with one attached hydrogen (secondary N) is 1. The zero-order valence-corrected chi connectivity index (χ0v) is 17.4. The second kappa shape index (κ2) is 10.7. The Bertz CT molecular complexity index is 699. The fourth-order valence-electron chi connectivity index (χ4n) is 3.55. The predicted octanol–water partition coefficient (Wildman–Crippen LogP) is 3.34. The topological polar surface area (TPSA) is 72.9 Å². The molecule has 0 unspecified atom stereocenters. The summed E-state index contributed by atoms with van der Waals surface area (Å²) >= 11 is 0. The van der Waals surface area contributed by atoms with Gasteiger partial charge < -0.3 is 15.6 Å². The van der Waals surface area contributed by atoms with Crippen LogP contribution in [0, 0.1) is 5.41 Å². The first-order valence-electron chi connectivity index (χ1n) is 9.12. The van der Waals surface area contributed by atoms with E-state index in [1.165, 1.54) is 31.2 Å². The Morgan fingerprint density at radius 1 is 1.26 bits per heavy atom. The van der Waals surface area contributed by atoms with Gasteiger partial charge in [0.2, 0.25) is 5.91 Å². The Hall–Kier alpha value is -1.56. The van der Waals surface area contributed by atoms with Crippen molar-refractivity contribution in [1.29, 1.82) is 0 Å². The van der Waals surface area contributed by atoms with Gasteiger partial charge in [0.25, 0.3) is 0 Å². The van der Waals surface area contributed by atoms with Crippen LogP contribution in [-0.2, 0) is 17.8 Å². The quantitative estimate of drug-likeness (QED) is 0.731. The summed E-state index contributed by atoms with van der Waals surface area (Å²) in [5, 5.41) is 3.03. The molecule has 1 atom stereocenters. The zero-order valence-electron chi connectivity index (χ0n) is 15.8. The van der Waals surface area contributed by atoms with Crippen LogP contribution in [0.2, 0.25) is 0 Å². The van der Waals surface area contributed by atoms with Gasteiger partial charge in [-0.15, -0.1) is 24.8 Å². The Kier molecular flexibility index (Phi) is 9.30. The Labute approximate surface area is 173 Å². The molecule has 27 heavy (non-hydrogen) atoms. The van der Waals surface area contributed by atoms with Crippen molar-refractivity contribution in [3.8, 4) is 0 Å². The molecule has 1 aromatic carbocycles. The number of carbonyl (C=O) groups is 1. The summed E-state index contributed by atoms with van der Waals surface area (Å²) in [6.45, 7) is 3.74. The molecule has 1 heterocycles. The molecule has 0 radical (unpaired) electrons. The summed E-state index contributed by atoms with van der Waals surface area (Å²) in [6.07, 6.45) is 9.13. The average Bonchev–Trinajstić information content (AvgIpc) is 3.23. The van der Waals surface area contributed by atoms with E-state index in [-0.39, 0.29) is 36.1 Å². The van der Waals surface area contributed by atoms with Crippen LogP contribution in [0.15, 0.2) is 42.9 Å². The number of imidazole rings is 1. The fourth-order valence-corrected chi connectivity index (χ4v) is 3.55. The van der Waals surface area contributed by atoms with Crippen molar-refractivity contribution in [1.82, 2.24) is 14.9 Å². The van der Waals surface area contributed by atoms with Crippen molar-refractivity contribution < 1.29 is 4.79 Å². The molecule has 7 heteroatoms. The number of aromatic nitrogens is 2. The molecule has 2 aromatic rings. The van der Waals surface area contributed by atoms with Gasteiger partial charge in [0, 0.05) is 25.7 Å². The van der Waals surface area contributed by atoms with Crippen molar-refractivity contribution in [3.63, 3.8) is 0 Å². The van der Waals surface area contributed by atoms with E-state index >= 15 is 0 Å². The van der Waals surface area contributed by atoms with E-state index < -0.39 is 6.04 Å². The SMILES string of the molecule is CC1(CNC(=O)[C@@H](N)Cc2cn(Cc3ccccc3)cn2)CCCC1.Cl.Cl. The molecule has 1 aliphatic rings. The molecule has 0 aliphatic heterocycles. The highest BCUT2D eigenvalue weighted by Gasteiger charge is 2.29. The standard InChI is InChI=1S/C20H28N4O.2ClH/c1-20(9-5-6-10-20)14-22-19(25)18(21)11-17-13-24(15-23-17)12-16-7-3-2-4-8-16;;/h2-4,7-8,13,15,18H,5-6,9-12,14,21H2,1H3,(H,22,25);2*1H/t18-;;/m0../s1. The molecule has 3 rings (SSSR count). The van der Waals surface area contributed by atoms with Crippen molar-refractivity contribution in [2.75, 3.05) is 6.54 Å². The van der Waals surface area contributed by atoms with E-state index in [9.17, 15) is 4.79 Å². The number of hydrogen-bond acceptors (Lipinski definition) is 3. The largest absolute Gasteiger partial charge is 0.354 e. The fraction of sp³-hybridized carbons (Fsp3) is 0.500. The maximum Gasteiger partial charge on any atom is 0.237 e. The first-order valence-corrected chi connectivity index (χ1v) is 9.12. The van der Waals surface area contributed by atoms with E-state index in [0.29, 0.717) is 6.42 Å². The molecule has 0 bridgehead atoms. The van der Waals surface area contributed by atoms with Crippen LogP contribution in [0.5, 0.6) is 0 Å². The third-order valence-corrected chi connectivity index (χ3v) is 5.16. The van der Waals surface area contributed by atoms with Crippen LogP contribution in [0.4, 0.5) is 0 Å². The van der Waals surface area contributed by atoms with E-state index in [4.69, 9.17) is 5.73 Å². The lowest BCUT2D eigenvalue weighted by atomic mass is 9.89. The molecule has 0 saturated heterocycles. The molecule has 1 amide bonds. The lowest BCUT2D eigenvalue weighted by Crippen LogP contribution is -2.45. The summed E-state index contributed by atoms with van der Waals surface area (Å²) in [5.74, 6) is -0.0780. The molecule has 1 saturated carbocycles. The first kappa shape index (κ1) is 23.5. The van der Waals surface area contributed by atoms with Crippen LogP contribution < -0.4 is 11.1 Å². The van der Waals surface area contributed by atoms with E-state index in [1.54, 1.807) is 6.33 Å². The van der Waals surface area contributed by atoms with Crippen LogP contribution in [0.1, 0.15) is 43.9 Å². The Morgan fingerprint density at radius 2 is 1.93 bits per heavy atom. The highest BCUT2D eigenvalue weighted by atomic mass is 35.5.